The number of carbonyl (C=O) groups excluding carboxylic acids is 1. The first-order chi connectivity index (χ1) is 8.56. The second kappa shape index (κ2) is 5.40. The molecule has 1 N–H and O–H groups in total. The SMILES string of the molecule is CC(=O)Nc1ccccc1N1CC(C)OC(C)C1. The molecule has 98 valence electrons. The number of ether oxygens (including phenoxy) is 1. The summed E-state index contributed by atoms with van der Waals surface area (Å²) in [5.41, 5.74) is 1.93. The highest BCUT2D eigenvalue weighted by atomic mass is 16.5. The van der Waals surface area contributed by atoms with Crippen LogP contribution in [0, 0.1) is 0 Å². The molecule has 1 aliphatic heterocycles. The summed E-state index contributed by atoms with van der Waals surface area (Å²) < 4.78 is 5.73. The molecule has 1 aromatic carbocycles. The average Bonchev–Trinajstić information content (AvgIpc) is 2.27. The van der Waals surface area contributed by atoms with Crippen LogP contribution in [0.1, 0.15) is 20.8 Å². The number of para-hydroxylation sites is 2. The number of hydrogen-bond acceptors (Lipinski definition) is 3. The molecule has 18 heavy (non-hydrogen) atoms. The van der Waals surface area contributed by atoms with Crippen molar-refractivity contribution in [2.75, 3.05) is 23.3 Å². The standard InChI is InChI=1S/C14H20N2O2/c1-10-8-16(9-11(2)18-10)14-7-5-4-6-13(14)15-12(3)17/h4-7,10-11H,8-9H2,1-3H3,(H,15,17). The third-order valence-electron chi connectivity index (χ3n) is 2.98. The lowest BCUT2D eigenvalue weighted by molar-refractivity contribution is -0.114. The quantitative estimate of drug-likeness (QED) is 0.873. The zero-order valence-corrected chi connectivity index (χ0v) is 11.1. The molecular formula is C14H20N2O2. The lowest BCUT2D eigenvalue weighted by Gasteiger charge is -2.37. The first kappa shape index (κ1) is 12.9. The van der Waals surface area contributed by atoms with Crippen molar-refractivity contribution in [3.8, 4) is 0 Å². The van der Waals surface area contributed by atoms with Crippen LogP contribution in [0.15, 0.2) is 24.3 Å². The zero-order valence-electron chi connectivity index (χ0n) is 11.1. The van der Waals surface area contributed by atoms with Crippen LogP contribution < -0.4 is 10.2 Å². The van der Waals surface area contributed by atoms with Gasteiger partial charge in [0.25, 0.3) is 0 Å². The Labute approximate surface area is 108 Å². The van der Waals surface area contributed by atoms with Crippen molar-refractivity contribution < 1.29 is 9.53 Å². The van der Waals surface area contributed by atoms with Gasteiger partial charge in [-0.1, -0.05) is 12.1 Å². The van der Waals surface area contributed by atoms with Gasteiger partial charge >= 0.3 is 0 Å². The molecule has 2 atom stereocenters. The molecule has 1 aromatic rings. The van der Waals surface area contributed by atoms with Crippen LogP contribution in [-0.2, 0) is 9.53 Å². The predicted octanol–water partition coefficient (Wildman–Crippen LogP) is 2.26. The molecule has 2 unspecified atom stereocenters. The van der Waals surface area contributed by atoms with E-state index in [1.165, 1.54) is 6.92 Å². The molecule has 0 aromatic heterocycles. The lowest BCUT2D eigenvalue weighted by atomic mass is 10.1. The van der Waals surface area contributed by atoms with E-state index in [4.69, 9.17) is 4.74 Å². The van der Waals surface area contributed by atoms with E-state index in [0.717, 1.165) is 24.5 Å². The highest BCUT2D eigenvalue weighted by Gasteiger charge is 2.23. The van der Waals surface area contributed by atoms with Crippen LogP contribution in [0.25, 0.3) is 0 Å². The summed E-state index contributed by atoms with van der Waals surface area (Å²) in [6.45, 7) is 7.37. The Morgan fingerprint density at radius 3 is 2.50 bits per heavy atom. The van der Waals surface area contributed by atoms with Crippen LogP contribution in [0.3, 0.4) is 0 Å². The molecule has 2 rings (SSSR count). The molecule has 1 heterocycles. The number of nitrogens with one attached hydrogen (secondary N) is 1. The third kappa shape index (κ3) is 3.01. The van der Waals surface area contributed by atoms with Gasteiger partial charge in [0.15, 0.2) is 0 Å². The Morgan fingerprint density at radius 1 is 1.28 bits per heavy atom. The van der Waals surface area contributed by atoms with Crippen molar-refractivity contribution in [3.63, 3.8) is 0 Å². The van der Waals surface area contributed by atoms with Crippen molar-refractivity contribution >= 4 is 17.3 Å². The fourth-order valence-corrected chi connectivity index (χ4v) is 2.42. The molecule has 1 aliphatic rings. The van der Waals surface area contributed by atoms with E-state index in [9.17, 15) is 4.79 Å². The van der Waals surface area contributed by atoms with Crippen molar-refractivity contribution in [2.45, 2.75) is 33.0 Å². The van der Waals surface area contributed by atoms with E-state index in [2.05, 4.69) is 24.1 Å². The Bertz CT molecular complexity index is 424. The van der Waals surface area contributed by atoms with Crippen LogP contribution in [0.5, 0.6) is 0 Å². The number of morpholine rings is 1. The third-order valence-corrected chi connectivity index (χ3v) is 2.98. The highest BCUT2D eigenvalue weighted by molar-refractivity contribution is 5.92. The van der Waals surface area contributed by atoms with Crippen LogP contribution in [-0.4, -0.2) is 31.2 Å². The maximum Gasteiger partial charge on any atom is 0.221 e. The van der Waals surface area contributed by atoms with E-state index in [1.54, 1.807) is 0 Å². The molecule has 0 radical (unpaired) electrons. The minimum atomic E-state index is -0.0446. The van der Waals surface area contributed by atoms with Gasteiger partial charge in [0.2, 0.25) is 5.91 Å². The number of amides is 1. The summed E-state index contributed by atoms with van der Waals surface area (Å²) in [6, 6.07) is 7.89. The number of benzene rings is 1. The molecular weight excluding hydrogens is 228 g/mol. The predicted molar refractivity (Wildman–Crippen MR) is 73.0 cm³/mol. The summed E-state index contributed by atoms with van der Waals surface area (Å²) >= 11 is 0. The first-order valence-electron chi connectivity index (χ1n) is 6.33. The fourth-order valence-electron chi connectivity index (χ4n) is 2.42. The van der Waals surface area contributed by atoms with E-state index in [-0.39, 0.29) is 18.1 Å². The van der Waals surface area contributed by atoms with E-state index in [0.29, 0.717) is 0 Å². The summed E-state index contributed by atoms with van der Waals surface area (Å²) in [5, 5.41) is 2.88. The van der Waals surface area contributed by atoms with Gasteiger partial charge in [-0.25, -0.2) is 0 Å². The Morgan fingerprint density at radius 2 is 1.89 bits per heavy atom. The molecule has 4 nitrogen and oxygen atoms in total. The maximum atomic E-state index is 11.2. The molecule has 1 amide bonds. The molecule has 0 saturated carbocycles. The van der Waals surface area contributed by atoms with Crippen LogP contribution in [0.4, 0.5) is 11.4 Å². The molecule has 1 fully saturated rings. The number of hydrogen-bond donors (Lipinski definition) is 1. The minimum Gasteiger partial charge on any atom is -0.372 e. The first-order valence-corrected chi connectivity index (χ1v) is 6.33. The van der Waals surface area contributed by atoms with Crippen molar-refractivity contribution in [2.24, 2.45) is 0 Å². The van der Waals surface area contributed by atoms with Gasteiger partial charge in [-0.15, -0.1) is 0 Å². The molecule has 0 spiro atoms. The smallest absolute Gasteiger partial charge is 0.221 e. The summed E-state index contributed by atoms with van der Waals surface area (Å²) in [4.78, 5) is 13.5. The normalized spacial score (nSPS) is 23.8. The van der Waals surface area contributed by atoms with Gasteiger partial charge in [-0.05, 0) is 26.0 Å². The molecule has 4 heteroatoms. The average molecular weight is 248 g/mol. The Hall–Kier alpha value is -1.55. The second-order valence-corrected chi connectivity index (χ2v) is 4.86. The Kier molecular flexibility index (Phi) is 3.87. The molecule has 1 saturated heterocycles. The van der Waals surface area contributed by atoms with Gasteiger partial charge in [-0.3, -0.25) is 4.79 Å². The highest BCUT2D eigenvalue weighted by Crippen LogP contribution is 2.28. The molecule has 0 aliphatic carbocycles. The van der Waals surface area contributed by atoms with Gasteiger partial charge in [-0.2, -0.15) is 0 Å². The summed E-state index contributed by atoms with van der Waals surface area (Å²) in [5.74, 6) is -0.0446. The second-order valence-electron chi connectivity index (χ2n) is 4.86. The fraction of sp³-hybridized carbons (Fsp3) is 0.500. The molecule has 0 bridgehead atoms. The van der Waals surface area contributed by atoms with Gasteiger partial charge in [0.1, 0.15) is 0 Å². The van der Waals surface area contributed by atoms with E-state index >= 15 is 0 Å². The number of anilines is 2. The number of carbonyl (C=O) groups is 1. The van der Waals surface area contributed by atoms with Crippen molar-refractivity contribution in [1.29, 1.82) is 0 Å². The topological polar surface area (TPSA) is 41.6 Å². The Balaban J connectivity index is 2.23. The van der Waals surface area contributed by atoms with E-state index < -0.39 is 0 Å². The lowest BCUT2D eigenvalue weighted by Crippen LogP contribution is -2.45. The van der Waals surface area contributed by atoms with E-state index in [1.807, 2.05) is 24.3 Å². The minimum absolute atomic E-state index is 0.0446. The summed E-state index contributed by atoms with van der Waals surface area (Å²) in [7, 11) is 0. The summed E-state index contributed by atoms with van der Waals surface area (Å²) in [6.07, 6.45) is 0.415. The van der Waals surface area contributed by atoms with Crippen LogP contribution in [0.2, 0.25) is 0 Å². The number of nitrogens with zero attached hydrogens (tertiary/aromatic N) is 1. The van der Waals surface area contributed by atoms with Gasteiger partial charge < -0.3 is 15.0 Å². The van der Waals surface area contributed by atoms with Crippen molar-refractivity contribution in [1.82, 2.24) is 0 Å². The van der Waals surface area contributed by atoms with Crippen LogP contribution >= 0.6 is 0 Å². The number of rotatable bonds is 2. The maximum absolute atomic E-state index is 11.2. The van der Waals surface area contributed by atoms with Gasteiger partial charge in [0, 0.05) is 20.0 Å². The largest absolute Gasteiger partial charge is 0.372 e. The van der Waals surface area contributed by atoms with Crippen molar-refractivity contribution in [3.05, 3.63) is 24.3 Å². The monoisotopic (exact) mass is 248 g/mol. The van der Waals surface area contributed by atoms with Gasteiger partial charge in [0.05, 0.1) is 23.6 Å². The zero-order chi connectivity index (χ0) is 13.1.